The van der Waals surface area contributed by atoms with Gasteiger partial charge in [0, 0.05) is 16.2 Å². The predicted octanol–water partition coefficient (Wildman–Crippen LogP) is 4.95. The Hall–Kier alpha value is -1.69. The number of anilines is 1. The lowest BCUT2D eigenvalue weighted by molar-refractivity contribution is -0.125. The van der Waals surface area contributed by atoms with Crippen LogP contribution in [-0.4, -0.2) is 32.0 Å². The molecule has 27 heavy (non-hydrogen) atoms. The van der Waals surface area contributed by atoms with Crippen molar-refractivity contribution in [3.05, 3.63) is 41.8 Å². The van der Waals surface area contributed by atoms with Crippen LogP contribution in [-0.2, 0) is 14.3 Å². The molecule has 2 aromatic rings. The third kappa shape index (κ3) is 4.42. The fraction of sp³-hybridized carbons (Fsp3) is 0.500. The Balaban J connectivity index is 1.56. The number of amides is 1. The molecule has 2 fully saturated rings. The van der Waals surface area contributed by atoms with Crippen molar-refractivity contribution in [1.29, 1.82) is 0 Å². The van der Waals surface area contributed by atoms with Gasteiger partial charge in [0.25, 0.3) is 0 Å². The maximum Gasteiger partial charge on any atom is 0.230 e. The number of hydrogen-bond acceptors (Lipinski definition) is 4. The van der Waals surface area contributed by atoms with Gasteiger partial charge >= 0.3 is 0 Å². The van der Waals surface area contributed by atoms with E-state index >= 15 is 0 Å². The van der Waals surface area contributed by atoms with Crippen LogP contribution in [0.3, 0.4) is 0 Å². The van der Waals surface area contributed by atoms with Gasteiger partial charge < -0.3 is 14.4 Å². The smallest absolute Gasteiger partial charge is 0.230 e. The van der Waals surface area contributed by atoms with E-state index in [4.69, 9.17) is 9.47 Å². The van der Waals surface area contributed by atoms with Crippen LogP contribution in [0.25, 0.3) is 10.4 Å². The molecular weight excluding hydrogens is 358 g/mol. The topological polar surface area (TPSA) is 38.8 Å². The van der Waals surface area contributed by atoms with E-state index in [2.05, 4.69) is 30.5 Å². The van der Waals surface area contributed by atoms with Gasteiger partial charge in [-0.15, -0.1) is 11.3 Å². The molecule has 144 valence electrons. The number of hydrogen-bond donors (Lipinski definition) is 0. The number of benzene rings is 1. The van der Waals surface area contributed by atoms with Crippen LogP contribution in [0.15, 0.2) is 41.8 Å². The van der Waals surface area contributed by atoms with Crippen molar-refractivity contribution in [1.82, 2.24) is 0 Å². The Morgan fingerprint density at radius 1 is 1.11 bits per heavy atom. The highest BCUT2D eigenvalue weighted by Gasteiger charge is 2.32. The molecule has 0 spiro atoms. The summed E-state index contributed by atoms with van der Waals surface area (Å²) in [4.78, 5) is 16.4. The van der Waals surface area contributed by atoms with Crippen LogP contribution in [0, 0.1) is 11.8 Å². The minimum atomic E-state index is -0.323. The highest BCUT2D eigenvalue weighted by molar-refractivity contribution is 7.14. The molecule has 0 unspecified atom stereocenters. The number of ether oxygens (including phenoxy) is 2. The second-order valence-corrected chi connectivity index (χ2v) is 8.52. The van der Waals surface area contributed by atoms with E-state index in [0.29, 0.717) is 19.8 Å². The summed E-state index contributed by atoms with van der Waals surface area (Å²) in [7, 11) is 0. The summed E-state index contributed by atoms with van der Waals surface area (Å²) >= 11 is 1.68. The summed E-state index contributed by atoms with van der Waals surface area (Å²) in [5, 5.41) is 2.08. The van der Waals surface area contributed by atoms with Crippen molar-refractivity contribution in [2.75, 3.05) is 24.7 Å². The minimum absolute atomic E-state index is 0.114. The first-order valence-electron chi connectivity index (χ1n) is 9.89. The van der Waals surface area contributed by atoms with Crippen LogP contribution in [0.5, 0.6) is 0 Å². The quantitative estimate of drug-likeness (QED) is 0.731. The lowest BCUT2D eigenvalue weighted by Gasteiger charge is -2.31. The van der Waals surface area contributed by atoms with Gasteiger partial charge in [0.2, 0.25) is 5.91 Å². The summed E-state index contributed by atoms with van der Waals surface area (Å²) in [5.41, 5.74) is 2.14. The SMILES string of the molecule is CC1CCC(C(=O)N(CC2OCCO2)c2csc(-c3ccccc3)c2)CC1. The Kier molecular flexibility index (Phi) is 5.91. The molecule has 1 aromatic heterocycles. The summed E-state index contributed by atoms with van der Waals surface area (Å²) in [6, 6.07) is 12.4. The van der Waals surface area contributed by atoms with Crippen LogP contribution >= 0.6 is 11.3 Å². The number of carbonyl (C=O) groups is 1. The molecule has 4 nitrogen and oxygen atoms in total. The molecule has 1 saturated carbocycles. The van der Waals surface area contributed by atoms with Gasteiger partial charge in [-0.1, -0.05) is 37.3 Å². The largest absolute Gasteiger partial charge is 0.348 e. The van der Waals surface area contributed by atoms with Gasteiger partial charge in [-0.25, -0.2) is 0 Å². The molecule has 0 N–H and O–H groups in total. The van der Waals surface area contributed by atoms with Gasteiger partial charge in [-0.05, 0) is 43.2 Å². The second-order valence-electron chi connectivity index (χ2n) is 7.61. The number of thiophene rings is 1. The molecule has 5 heteroatoms. The van der Waals surface area contributed by atoms with E-state index in [0.717, 1.165) is 37.3 Å². The molecule has 1 aromatic carbocycles. The zero-order valence-electron chi connectivity index (χ0n) is 15.8. The minimum Gasteiger partial charge on any atom is -0.348 e. The maximum absolute atomic E-state index is 13.4. The molecule has 2 aliphatic rings. The summed E-state index contributed by atoms with van der Waals surface area (Å²) in [5.74, 6) is 1.07. The van der Waals surface area contributed by atoms with E-state index in [1.165, 1.54) is 10.4 Å². The fourth-order valence-electron chi connectivity index (χ4n) is 3.93. The zero-order chi connectivity index (χ0) is 18.6. The van der Waals surface area contributed by atoms with E-state index in [-0.39, 0.29) is 18.1 Å². The van der Waals surface area contributed by atoms with Crippen LogP contribution in [0.1, 0.15) is 32.6 Å². The molecule has 0 bridgehead atoms. The van der Waals surface area contributed by atoms with Gasteiger partial charge in [0.15, 0.2) is 6.29 Å². The predicted molar refractivity (Wildman–Crippen MR) is 109 cm³/mol. The van der Waals surface area contributed by atoms with Crippen molar-refractivity contribution in [3.8, 4) is 10.4 Å². The van der Waals surface area contributed by atoms with E-state index in [9.17, 15) is 4.79 Å². The zero-order valence-corrected chi connectivity index (χ0v) is 16.6. The molecular formula is C22H27NO3S. The highest BCUT2D eigenvalue weighted by atomic mass is 32.1. The Bertz CT molecular complexity index is 746. The van der Waals surface area contributed by atoms with Crippen molar-refractivity contribution < 1.29 is 14.3 Å². The van der Waals surface area contributed by atoms with Crippen LogP contribution < -0.4 is 4.90 Å². The van der Waals surface area contributed by atoms with Crippen LogP contribution in [0.2, 0.25) is 0 Å². The summed E-state index contributed by atoms with van der Waals surface area (Å²) in [6.07, 6.45) is 3.92. The number of nitrogens with zero attached hydrogens (tertiary/aromatic N) is 1. The molecule has 1 saturated heterocycles. The van der Waals surface area contributed by atoms with Crippen LogP contribution in [0.4, 0.5) is 5.69 Å². The molecule has 4 rings (SSSR count). The normalized spacial score (nSPS) is 23.4. The molecule has 1 aliphatic carbocycles. The van der Waals surface area contributed by atoms with E-state index < -0.39 is 0 Å². The third-order valence-corrected chi connectivity index (χ3v) is 6.58. The molecule has 2 heterocycles. The Morgan fingerprint density at radius 3 is 2.52 bits per heavy atom. The molecule has 1 amide bonds. The first-order chi connectivity index (χ1) is 13.2. The molecule has 0 radical (unpaired) electrons. The lowest BCUT2D eigenvalue weighted by Crippen LogP contribution is -2.42. The third-order valence-electron chi connectivity index (χ3n) is 5.61. The standard InChI is InChI=1S/C22H27NO3S/c1-16-7-9-18(10-8-16)22(24)23(14-21-25-11-12-26-21)19-13-20(27-15-19)17-5-3-2-4-6-17/h2-6,13,15-16,18,21H,7-12,14H2,1H3. The van der Waals surface area contributed by atoms with Crippen molar-refractivity contribution in [2.24, 2.45) is 11.8 Å². The highest BCUT2D eigenvalue weighted by Crippen LogP contribution is 2.35. The summed E-state index contributed by atoms with van der Waals surface area (Å²) < 4.78 is 11.3. The Morgan fingerprint density at radius 2 is 1.81 bits per heavy atom. The fourth-order valence-corrected chi connectivity index (χ4v) is 4.84. The number of carbonyl (C=O) groups excluding carboxylic acids is 1. The van der Waals surface area contributed by atoms with Crippen molar-refractivity contribution in [3.63, 3.8) is 0 Å². The number of rotatable bonds is 5. The van der Waals surface area contributed by atoms with Gasteiger partial charge in [-0.3, -0.25) is 4.79 Å². The first kappa shape index (κ1) is 18.7. The van der Waals surface area contributed by atoms with Crippen molar-refractivity contribution in [2.45, 2.75) is 38.9 Å². The van der Waals surface area contributed by atoms with Gasteiger partial charge in [0.1, 0.15) is 0 Å². The lowest BCUT2D eigenvalue weighted by atomic mass is 9.82. The van der Waals surface area contributed by atoms with Gasteiger partial charge in [0.05, 0.1) is 25.4 Å². The maximum atomic E-state index is 13.4. The summed E-state index contributed by atoms with van der Waals surface area (Å²) in [6.45, 7) is 3.96. The molecule has 0 atom stereocenters. The van der Waals surface area contributed by atoms with E-state index in [1.54, 1.807) is 11.3 Å². The first-order valence-corrected chi connectivity index (χ1v) is 10.8. The van der Waals surface area contributed by atoms with Crippen molar-refractivity contribution >= 4 is 22.9 Å². The average molecular weight is 386 g/mol. The monoisotopic (exact) mass is 385 g/mol. The second kappa shape index (κ2) is 8.55. The Labute approximate surface area is 165 Å². The molecule has 1 aliphatic heterocycles. The average Bonchev–Trinajstić information content (AvgIpc) is 3.39. The van der Waals surface area contributed by atoms with Gasteiger partial charge in [-0.2, -0.15) is 0 Å². The van der Waals surface area contributed by atoms with E-state index in [1.807, 2.05) is 23.1 Å².